The Balaban J connectivity index is 2.25. The first-order valence-electron chi connectivity index (χ1n) is 5.61. The number of carbonyl (C=O) groups is 1. The van der Waals surface area contributed by atoms with Crippen molar-refractivity contribution >= 4 is 5.97 Å². The highest BCUT2D eigenvalue weighted by atomic mass is 16.4. The van der Waals surface area contributed by atoms with Crippen LogP contribution >= 0.6 is 0 Å². The number of aryl methyl sites for hydroxylation is 1. The van der Waals surface area contributed by atoms with E-state index in [1.54, 1.807) is 12.4 Å². The molecule has 0 aliphatic carbocycles. The molecule has 1 aromatic rings. The molecule has 0 amide bonds. The van der Waals surface area contributed by atoms with Crippen molar-refractivity contribution in [1.82, 2.24) is 20.1 Å². The standard InChI is InChI=1S/C11H18N4O2/c1-3-9(11(16)17)4-6-12-7-5-10-14-13-8-15(10)2/h4,8,12H,3,5-7H2,1-2H3,(H,16,17). The summed E-state index contributed by atoms with van der Waals surface area (Å²) in [5.74, 6) is 0.0676. The number of rotatable bonds is 7. The lowest BCUT2D eigenvalue weighted by atomic mass is 10.2. The minimum Gasteiger partial charge on any atom is -0.478 e. The van der Waals surface area contributed by atoms with Crippen molar-refractivity contribution < 1.29 is 9.90 Å². The third-order valence-electron chi connectivity index (χ3n) is 2.48. The van der Waals surface area contributed by atoms with Crippen molar-refractivity contribution in [2.75, 3.05) is 13.1 Å². The zero-order chi connectivity index (χ0) is 12.7. The number of aromatic nitrogens is 3. The van der Waals surface area contributed by atoms with E-state index in [1.807, 2.05) is 18.5 Å². The summed E-state index contributed by atoms with van der Waals surface area (Å²) in [4.78, 5) is 10.7. The van der Waals surface area contributed by atoms with Crippen molar-refractivity contribution in [3.05, 3.63) is 23.8 Å². The Bertz CT molecular complexity index is 398. The fourth-order valence-corrected chi connectivity index (χ4v) is 1.41. The van der Waals surface area contributed by atoms with Gasteiger partial charge in [0.15, 0.2) is 0 Å². The van der Waals surface area contributed by atoms with Crippen LogP contribution in [0, 0.1) is 0 Å². The highest BCUT2D eigenvalue weighted by Gasteiger charge is 2.03. The minimum atomic E-state index is -0.845. The summed E-state index contributed by atoms with van der Waals surface area (Å²) in [6.45, 7) is 3.15. The Hall–Kier alpha value is -1.69. The molecule has 0 aliphatic rings. The van der Waals surface area contributed by atoms with Crippen LogP contribution in [0.25, 0.3) is 0 Å². The Labute approximate surface area is 100 Å². The molecule has 1 rings (SSSR count). The van der Waals surface area contributed by atoms with Gasteiger partial charge in [-0.05, 0) is 6.42 Å². The van der Waals surface area contributed by atoms with E-state index in [0.29, 0.717) is 18.5 Å². The Morgan fingerprint density at radius 3 is 2.94 bits per heavy atom. The third kappa shape index (κ3) is 4.36. The molecule has 17 heavy (non-hydrogen) atoms. The molecule has 0 spiro atoms. The Morgan fingerprint density at radius 1 is 1.65 bits per heavy atom. The monoisotopic (exact) mass is 238 g/mol. The molecule has 2 N–H and O–H groups in total. The largest absolute Gasteiger partial charge is 0.478 e. The predicted molar refractivity (Wildman–Crippen MR) is 63.6 cm³/mol. The van der Waals surface area contributed by atoms with Gasteiger partial charge in [-0.1, -0.05) is 13.0 Å². The van der Waals surface area contributed by atoms with Gasteiger partial charge in [0.25, 0.3) is 0 Å². The van der Waals surface area contributed by atoms with Crippen LogP contribution in [-0.2, 0) is 18.3 Å². The maximum atomic E-state index is 10.7. The van der Waals surface area contributed by atoms with Gasteiger partial charge in [-0.25, -0.2) is 4.79 Å². The molecular weight excluding hydrogens is 220 g/mol. The van der Waals surface area contributed by atoms with Gasteiger partial charge in [-0.3, -0.25) is 0 Å². The maximum Gasteiger partial charge on any atom is 0.331 e. The van der Waals surface area contributed by atoms with E-state index in [1.165, 1.54) is 0 Å². The normalized spacial score (nSPS) is 11.8. The van der Waals surface area contributed by atoms with Gasteiger partial charge in [0.2, 0.25) is 0 Å². The van der Waals surface area contributed by atoms with Crippen molar-refractivity contribution in [2.45, 2.75) is 19.8 Å². The van der Waals surface area contributed by atoms with Crippen molar-refractivity contribution in [1.29, 1.82) is 0 Å². The van der Waals surface area contributed by atoms with E-state index in [-0.39, 0.29) is 0 Å². The van der Waals surface area contributed by atoms with Crippen LogP contribution in [0.5, 0.6) is 0 Å². The predicted octanol–water partition coefficient (Wildman–Crippen LogP) is 0.368. The summed E-state index contributed by atoms with van der Waals surface area (Å²) in [5, 5.41) is 19.7. The van der Waals surface area contributed by atoms with E-state index >= 15 is 0 Å². The summed E-state index contributed by atoms with van der Waals surface area (Å²) in [7, 11) is 1.90. The van der Waals surface area contributed by atoms with Crippen LogP contribution < -0.4 is 5.32 Å². The van der Waals surface area contributed by atoms with E-state index in [0.717, 1.165) is 18.8 Å². The number of nitrogens with zero attached hydrogens (tertiary/aromatic N) is 3. The van der Waals surface area contributed by atoms with E-state index < -0.39 is 5.97 Å². The molecule has 0 aromatic carbocycles. The number of nitrogens with one attached hydrogen (secondary N) is 1. The molecule has 1 aromatic heterocycles. The topological polar surface area (TPSA) is 80.0 Å². The van der Waals surface area contributed by atoms with Crippen molar-refractivity contribution in [2.24, 2.45) is 7.05 Å². The first kappa shape index (κ1) is 13.4. The zero-order valence-electron chi connectivity index (χ0n) is 10.2. The SMILES string of the molecule is CCC(=CCNCCc1nncn1C)C(=O)O. The van der Waals surface area contributed by atoms with Crippen LogP contribution in [0.1, 0.15) is 19.2 Å². The smallest absolute Gasteiger partial charge is 0.331 e. The molecule has 6 nitrogen and oxygen atoms in total. The van der Waals surface area contributed by atoms with E-state index in [9.17, 15) is 4.79 Å². The summed E-state index contributed by atoms with van der Waals surface area (Å²) in [5.41, 5.74) is 0.441. The molecule has 0 unspecified atom stereocenters. The van der Waals surface area contributed by atoms with Crippen LogP contribution in [0.2, 0.25) is 0 Å². The first-order chi connectivity index (χ1) is 8.15. The fraction of sp³-hybridized carbons (Fsp3) is 0.545. The molecule has 1 heterocycles. The molecule has 0 aliphatic heterocycles. The summed E-state index contributed by atoms with van der Waals surface area (Å²) in [6.07, 6.45) is 4.69. The van der Waals surface area contributed by atoms with Gasteiger partial charge in [-0.2, -0.15) is 0 Å². The first-order valence-corrected chi connectivity index (χ1v) is 5.61. The molecule has 0 radical (unpaired) electrons. The highest BCUT2D eigenvalue weighted by Crippen LogP contribution is 1.99. The molecule has 0 saturated heterocycles. The quantitative estimate of drug-likeness (QED) is 0.530. The number of aliphatic carboxylic acids is 1. The molecule has 0 fully saturated rings. The van der Waals surface area contributed by atoms with Crippen molar-refractivity contribution in [3.63, 3.8) is 0 Å². The van der Waals surface area contributed by atoms with Crippen LogP contribution in [0.15, 0.2) is 18.0 Å². The van der Waals surface area contributed by atoms with Gasteiger partial charge >= 0.3 is 5.97 Å². The van der Waals surface area contributed by atoms with Gasteiger partial charge < -0.3 is 15.0 Å². The Kier molecular flexibility index (Phi) is 5.35. The van der Waals surface area contributed by atoms with Gasteiger partial charge in [0.1, 0.15) is 12.2 Å². The number of hydrogen-bond acceptors (Lipinski definition) is 4. The summed E-state index contributed by atoms with van der Waals surface area (Å²) in [6, 6.07) is 0. The second kappa shape index (κ2) is 6.80. The van der Waals surface area contributed by atoms with Gasteiger partial charge in [0.05, 0.1) is 0 Å². The molecular formula is C11H18N4O2. The zero-order valence-corrected chi connectivity index (χ0v) is 10.2. The van der Waals surface area contributed by atoms with Crippen LogP contribution in [0.4, 0.5) is 0 Å². The molecule has 0 atom stereocenters. The third-order valence-corrected chi connectivity index (χ3v) is 2.48. The highest BCUT2D eigenvalue weighted by molar-refractivity contribution is 5.86. The molecule has 0 saturated carbocycles. The second-order valence-electron chi connectivity index (χ2n) is 3.70. The fourth-order valence-electron chi connectivity index (χ4n) is 1.41. The Morgan fingerprint density at radius 2 is 2.41 bits per heavy atom. The van der Waals surface area contributed by atoms with Crippen molar-refractivity contribution in [3.8, 4) is 0 Å². The molecule has 6 heteroatoms. The average molecular weight is 238 g/mol. The van der Waals surface area contributed by atoms with Crippen LogP contribution in [-0.4, -0.2) is 38.9 Å². The molecule has 0 bridgehead atoms. The number of hydrogen-bond donors (Lipinski definition) is 2. The number of carboxylic acids is 1. The maximum absolute atomic E-state index is 10.7. The minimum absolute atomic E-state index is 0.441. The van der Waals surface area contributed by atoms with Gasteiger partial charge in [0, 0.05) is 32.1 Å². The summed E-state index contributed by atoms with van der Waals surface area (Å²) >= 11 is 0. The van der Waals surface area contributed by atoms with Gasteiger partial charge in [-0.15, -0.1) is 10.2 Å². The lowest BCUT2D eigenvalue weighted by Crippen LogP contribution is -2.19. The number of carboxylic acid groups (broad SMARTS) is 1. The lowest BCUT2D eigenvalue weighted by Gasteiger charge is -2.02. The average Bonchev–Trinajstić information content (AvgIpc) is 2.69. The lowest BCUT2D eigenvalue weighted by molar-refractivity contribution is -0.132. The second-order valence-corrected chi connectivity index (χ2v) is 3.70. The molecule has 94 valence electrons. The van der Waals surface area contributed by atoms with Crippen LogP contribution in [0.3, 0.4) is 0 Å². The van der Waals surface area contributed by atoms with E-state index in [4.69, 9.17) is 5.11 Å². The summed E-state index contributed by atoms with van der Waals surface area (Å²) < 4.78 is 1.87. The van der Waals surface area contributed by atoms with E-state index in [2.05, 4.69) is 15.5 Å².